The summed E-state index contributed by atoms with van der Waals surface area (Å²) in [5, 5.41) is 0. The van der Waals surface area contributed by atoms with E-state index >= 15 is 0 Å². The number of hydrogen-bond acceptors (Lipinski definition) is 4. The van der Waals surface area contributed by atoms with Gasteiger partial charge < -0.3 is 0 Å². The van der Waals surface area contributed by atoms with Crippen LogP contribution in [-0.2, 0) is 0 Å². The summed E-state index contributed by atoms with van der Waals surface area (Å²) in [6.45, 7) is 6.91. The van der Waals surface area contributed by atoms with E-state index in [1.807, 2.05) is 0 Å². The second-order valence-corrected chi connectivity index (χ2v) is 9.37. The summed E-state index contributed by atoms with van der Waals surface area (Å²) in [6, 6.07) is 0. The van der Waals surface area contributed by atoms with Gasteiger partial charge in [-0.15, -0.1) is 23.5 Å². The molecule has 4 heteroatoms. The van der Waals surface area contributed by atoms with Crippen LogP contribution in [0, 0.1) is 0 Å². The molecule has 1 heterocycles. The maximum absolute atomic E-state index is 2.31. The van der Waals surface area contributed by atoms with E-state index in [2.05, 4.69) is 65.9 Å². The normalized spacial score (nSPS) is 35.8. The van der Waals surface area contributed by atoms with Crippen molar-refractivity contribution in [1.82, 2.24) is 0 Å². The Kier molecular flexibility index (Phi) is 6.53. The van der Waals surface area contributed by atoms with Crippen LogP contribution in [-0.4, -0.2) is 13.7 Å². The Morgan fingerprint density at radius 1 is 0.692 bits per heavy atom. The molecule has 0 aliphatic carbocycles. The molecule has 0 nitrogen and oxygen atoms in total. The average Bonchev–Trinajstić information content (AvgIpc) is 2.39. The summed E-state index contributed by atoms with van der Waals surface area (Å²) < 4.78 is 2.47. The largest absolute Gasteiger partial charge is 0.132 e. The molecule has 0 amide bonds. The van der Waals surface area contributed by atoms with Crippen LogP contribution in [0.1, 0.15) is 40.0 Å². The van der Waals surface area contributed by atoms with Crippen LogP contribution in [0.25, 0.3) is 0 Å². The third-order valence-electron chi connectivity index (χ3n) is 1.88. The summed E-state index contributed by atoms with van der Waals surface area (Å²) in [6.07, 6.45) is 3.91. The highest BCUT2D eigenvalue weighted by molar-refractivity contribution is 8.80. The minimum Gasteiger partial charge on any atom is -0.132 e. The number of rotatable bonds is 3. The zero-order valence-electron chi connectivity index (χ0n) is 8.49. The summed E-state index contributed by atoms with van der Waals surface area (Å²) >= 11 is 4.35. The van der Waals surface area contributed by atoms with Crippen molar-refractivity contribution in [2.75, 3.05) is 0 Å². The number of hydrogen-bond donors (Lipinski definition) is 0. The second-order valence-electron chi connectivity index (χ2n) is 2.98. The molecule has 1 aliphatic rings. The summed E-state index contributed by atoms with van der Waals surface area (Å²) in [5.41, 5.74) is 0. The molecule has 0 radical (unpaired) electrons. The third kappa shape index (κ3) is 4.18. The van der Waals surface area contributed by atoms with E-state index in [-0.39, 0.29) is 0 Å². The Balaban J connectivity index is 2.46. The minimum atomic E-state index is 0.819. The summed E-state index contributed by atoms with van der Waals surface area (Å²) in [7, 11) is 4.19. The van der Waals surface area contributed by atoms with E-state index in [1.54, 1.807) is 0 Å². The molecule has 0 aromatic heterocycles. The third-order valence-corrected chi connectivity index (χ3v) is 10.0. The lowest BCUT2D eigenvalue weighted by Crippen LogP contribution is -2.02. The molecule has 0 aromatic carbocycles. The Bertz CT molecular complexity index is 126. The molecule has 0 aromatic rings. The van der Waals surface area contributed by atoms with Crippen LogP contribution in [0.3, 0.4) is 0 Å². The van der Waals surface area contributed by atoms with Crippen LogP contribution in [0.4, 0.5) is 0 Å². The molecule has 13 heavy (non-hydrogen) atoms. The van der Waals surface area contributed by atoms with Gasteiger partial charge in [0.15, 0.2) is 0 Å². The van der Waals surface area contributed by atoms with Crippen molar-refractivity contribution >= 4 is 45.1 Å². The maximum atomic E-state index is 2.31. The van der Waals surface area contributed by atoms with Gasteiger partial charge in [0.2, 0.25) is 0 Å². The first-order valence-corrected chi connectivity index (χ1v) is 9.09. The lowest BCUT2D eigenvalue weighted by atomic mass is 10.6. The van der Waals surface area contributed by atoms with Gasteiger partial charge in [0.1, 0.15) is 0 Å². The first-order valence-electron chi connectivity index (χ1n) is 4.93. The highest BCUT2D eigenvalue weighted by Gasteiger charge is 2.24. The lowest BCUT2D eigenvalue weighted by Gasteiger charge is -2.16. The zero-order chi connectivity index (χ0) is 9.68. The molecule has 1 fully saturated rings. The van der Waals surface area contributed by atoms with Crippen LogP contribution < -0.4 is 0 Å². The van der Waals surface area contributed by atoms with Gasteiger partial charge in [-0.05, 0) is 19.3 Å². The average molecular weight is 255 g/mol. The molecule has 2 unspecified atom stereocenters. The van der Waals surface area contributed by atoms with Gasteiger partial charge in [-0.3, -0.25) is 0 Å². The fourth-order valence-corrected chi connectivity index (χ4v) is 8.87. The van der Waals surface area contributed by atoms with E-state index in [9.17, 15) is 0 Å². The minimum absolute atomic E-state index is 0.819. The molecule has 0 N–H and O–H groups in total. The Labute approximate surface area is 98.5 Å². The maximum Gasteiger partial charge on any atom is 0.0615 e. The molecule has 0 saturated carbocycles. The fourth-order valence-electron chi connectivity index (χ4n) is 1.06. The fraction of sp³-hybridized carbons (Fsp3) is 1.00. The van der Waals surface area contributed by atoms with Gasteiger partial charge in [-0.1, -0.05) is 42.4 Å². The summed E-state index contributed by atoms with van der Waals surface area (Å²) in [5.74, 6) is 0. The molecule has 1 saturated heterocycles. The van der Waals surface area contributed by atoms with E-state index in [1.165, 1.54) is 19.3 Å². The second kappa shape index (κ2) is 6.81. The SMILES string of the molecule is CCC1SSC(CC)SC(CC)S1. The Morgan fingerprint density at radius 2 is 1.08 bits per heavy atom. The zero-order valence-corrected chi connectivity index (χ0v) is 11.8. The Hall–Kier alpha value is 1.40. The van der Waals surface area contributed by atoms with E-state index in [0.29, 0.717) is 0 Å². The van der Waals surface area contributed by atoms with Crippen molar-refractivity contribution in [3.63, 3.8) is 0 Å². The van der Waals surface area contributed by atoms with Crippen molar-refractivity contribution in [1.29, 1.82) is 0 Å². The van der Waals surface area contributed by atoms with Crippen molar-refractivity contribution in [2.24, 2.45) is 0 Å². The summed E-state index contributed by atoms with van der Waals surface area (Å²) in [4.78, 5) is 0. The first kappa shape index (κ1) is 12.5. The number of thioether (sulfide) groups is 2. The van der Waals surface area contributed by atoms with E-state index in [4.69, 9.17) is 0 Å². The highest BCUT2D eigenvalue weighted by atomic mass is 33.1. The predicted octanol–water partition coefficient (Wildman–Crippen LogP) is 5.06. The van der Waals surface area contributed by atoms with Crippen LogP contribution in [0.2, 0.25) is 0 Å². The van der Waals surface area contributed by atoms with Crippen molar-refractivity contribution in [2.45, 2.75) is 53.8 Å². The van der Waals surface area contributed by atoms with E-state index in [0.717, 1.165) is 13.7 Å². The van der Waals surface area contributed by atoms with Gasteiger partial charge in [0, 0.05) is 0 Å². The van der Waals surface area contributed by atoms with E-state index < -0.39 is 0 Å². The smallest absolute Gasteiger partial charge is 0.0615 e. The molecule has 78 valence electrons. The molecule has 0 bridgehead atoms. The monoisotopic (exact) mass is 254 g/mol. The van der Waals surface area contributed by atoms with Crippen molar-refractivity contribution < 1.29 is 0 Å². The first-order chi connectivity index (χ1) is 6.30. The van der Waals surface area contributed by atoms with Crippen molar-refractivity contribution in [3.8, 4) is 0 Å². The molecular formula is C9H18S4. The Morgan fingerprint density at radius 3 is 1.38 bits per heavy atom. The predicted molar refractivity (Wildman–Crippen MR) is 72.6 cm³/mol. The van der Waals surface area contributed by atoms with Crippen LogP contribution in [0.5, 0.6) is 0 Å². The molecule has 0 spiro atoms. The molecular weight excluding hydrogens is 236 g/mol. The van der Waals surface area contributed by atoms with Gasteiger partial charge in [0.05, 0.1) is 13.7 Å². The van der Waals surface area contributed by atoms with Gasteiger partial charge >= 0.3 is 0 Å². The topological polar surface area (TPSA) is 0 Å². The van der Waals surface area contributed by atoms with Crippen LogP contribution >= 0.6 is 45.1 Å². The molecule has 1 aliphatic heterocycles. The van der Waals surface area contributed by atoms with Crippen LogP contribution in [0.15, 0.2) is 0 Å². The molecule has 1 rings (SSSR count). The van der Waals surface area contributed by atoms with Gasteiger partial charge in [-0.2, -0.15) is 0 Å². The van der Waals surface area contributed by atoms with Crippen molar-refractivity contribution in [3.05, 3.63) is 0 Å². The standard InChI is InChI=1S/C9H18S4/c1-4-7-10-8(5-2)12-13-9(6-3)11-7/h7-9H,4-6H2,1-3H3. The van der Waals surface area contributed by atoms with Gasteiger partial charge in [0.25, 0.3) is 0 Å². The molecule has 2 atom stereocenters. The highest BCUT2D eigenvalue weighted by Crippen LogP contribution is 2.52. The lowest BCUT2D eigenvalue weighted by molar-refractivity contribution is 1.01. The quantitative estimate of drug-likeness (QED) is 0.646. The van der Waals surface area contributed by atoms with Gasteiger partial charge in [-0.25, -0.2) is 0 Å².